The maximum absolute atomic E-state index is 12.5. The number of rotatable bonds is 10. The average Bonchev–Trinajstić information content (AvgIpc) is 3.69. The van der Waals surface area contributed by atoms with Gasteiger partial charge in [0.25, 0.3) is 0 Å². The van der Waals surface area contributed by atoms with E-state index in [9.17, 15) is 13.2 Å². The smallest absolute Gasteiger partial charge is 0.340 e. The zero-order valence-electron chi connectivity index (χ0n) is 24.2. The summed E-state index contributed by atoms with van der Waals surface area (Å²) in [5.41, 5.74) is 7.56. The molecular weight excluding hydrogens is 546 g/mol. The highest BCUT2D eigenvalue weighted by Crippen LogP contribution is 2.54. The van der Waals surface area contributed by atoms with Crippen LogP contribution in [0.25, 0.3) is 10.8 Å². The Labute approximate surface area is 240 Å². The highest BCUT2D eigenvalue weighted by atomic mass is 32.2. The number of hydrogen-bond donors (Lipinski definition) is 2. The van der Waals surface area contributed by atoms with Gasteiger partial charge >= 0.3 is 5.97 Å². The van der Waals surface area contributed by atoms with Gasteiger partial charge in [0.15, 0.2) is 0 Å². The van der Waals surface area contributed by atoms with E-state index in [1.54, 1.807) is 38.6 Å². The van der Waals surface area contributed by atoms with Crippen LogP contribution in [-0.2, 0) is 30.3 Å². The first-order valence-corrected chi connectivity index (χ1v) is 15.6. The number of hydrogen-bond acceptors (Lipinski definition) is 11. The number of nitrogens with two attached hydrogens (primary N) is 1. The lowest BCUT2D eigenvalue weighted by Crippen LogP contribution is -2.38. The molecule has 41 heavy (non-hydrogen) atoms. The van der Waals surface area contributed by atoms with Gasteiger partial charge in [0.2, 0.25) is 5.88 Å². The Morgan fingerprint density at radius 3 is 2.59 bits per heavy atom. The number of ether oxygens (including phenoxy) is 3. The molecule has 0 saturated heterocycles. The SMILES string of the molecule is COCC(C)(N)c1cnc(O[C@H](C)C[C@@H](C)S(C)(=O)=O)c2cnc(Nc3ccc4c(n3)C3(CC3)[C@H](C)OC4=O)cc12. The van der Waals surface area contributed by atoms with Crippen LogP contribution in [0.4, 0.5) is 11.6 Å². The van der Waals surface area contributed by atoms with E-state index < -0.39 is 26.7 Å². The first kappa shape index (κ1) is 29.2. The minimum absolute atomic E-state index is 0.219. The molecule has 1 aliphatic carbocycles. The van der Waals surface area contributed by atoms with Crippen LogP contribution < -0.4 is 15.8 Å². The summed E-state index contributed by atoms with van der Waals surface area (Å²) in [5.74, 6) is 1.07. The first-order chi connectivity index (χ1) is 19.2. The Hall–Kier alpha value is -3.35. The summed E-state index contributed by atoms with van der Waals surface area (Å²) in [6.45, 7) is 7.51. The molecule has 2 aliphatic rings. The zero-order chi connectivity index (χ0) is 29.7. The van der Waals surface area contributed by atoms with Crippen molar-refractivity contribution in [3.8, 4) is 5.88 Å². The van der Waals surface area contributed by atoms with Crippen LogP contribution in [0.1, 0.15) is 68.6 Å². The van der Waals surface area contributed by atoms with Crippen molar-refractivity contribution in [2.45, 2.75) is 75.4 Å². The van der Waals surface area contributed by atoms with Crippen LogP contribution in [0.5, 0.6) is 5.88 Å². The molecule has 5 rings (SSSR count). The van der Waals surface area contributed by atoms with E-state index in [0.717, 1.165) is 29.5 Å². The summed E-state index contributed by atoms with van der Waals surface area (Å²) in [6.07, 6.45) is 6.06. The topological polar surface area (TPSA) is 156 Å². The molecule has 3 aromatic rings. The molecule has 1 unspecified atom stereocenters. The lowest BCUT2D eigenvalue weighted by atomic mass is 9.89. The van der Waals surface area contributed by atoms with E-state index in [1.165, 1.54) is 6.26 Å². The minimum Gasteiger partial charge on any atom is -0.474 e. The predicted molar refractivity (Wildman–Crippen MR) is 155 cm³/mol. The summed E-state index contributed by atoms with van der Waals surface area (Å²) >= 11 is 0. The number of pyridine rings is 3. The standard InChI is InChI=1S/C29H37N5O6S/c1-16(11-17(2)41(6,36)37)39-26-21-13-31-24(12-20(21)22(14-32-26)28(4,30)15-38-5)33-23-8-7-19-25(34-23)29(9-10-29)18(3)40-27(19)35/h7-8,12-14,16-18H,9-11,15,30H2,1-6H3,(H,31,33,34)/t16-,17-,18+,28?/m1/s1. The van der Waals surface area contributed by atoms with Gasteiger partial charge in [0.05, 0.1) is 45.6 Å². The van der Waals surface area contributed by atoms with Gasteiger partial charge in [-0.15, -0.1) is 0 Å². The fraction of sp³-hybridized carbons (Fsp3) is 0.517. The van der Waals surface area contributed by atoms with Gasteiger partial charge in [0.1, 0.15) is 27.6 Å². The molecule has 1 fully saturated rings. The summed E-state index contributed by atoms with van der Waals surface area (Å²) in [7, 11) is -1.61. The Kier molecular flexibility index (Phi) is 7.46. The molecule has 1 spiro atoms. The summed E-state index contributed by atoms with van der Waals surface area (Å²) < 4.78 is 41.0. The molecular formula is C29H37N5O6S. The van der Waals surface area contributed by atoms with Gasteiger partial charge in [-0.1, -0.05) is 0 Å². The van der Waals surface area contributed by atoms with E-state index in [0.29, 0.717) is 34.9 Å². The highest BCUT2D eigenvalue weighted by Gasteiger charge is 2.56. The van der Waals surface area contributed by atoms with Crippen LogP contribution in [0.3, 0.4) is 0 Å². The maximum atomic E-state index is 12.5. The molecule has 0 bridgehead atoms. The van der Waals surface area contributed by atoms with Crippen molar-refractivity contribution >= 4 is 38.2 Å². The number of aromatic nitrogens is 3. The molecule has 11 nitrogen and oxygen atoms in total. The van der Waals surface area contributed by atoms with Crippen molar-refractivity contribution in [1.82, 2.24) is 15.0 Å². The second-order valence-electron chi connectivity index (χ2n) is 11.7. The fourth-order valence-corrected chi connectivity index (χ4v) is 6.12. The first-order valence-electron chi connectivity index (χ1n) is 13.7. The largest absolute Gasteiger partial charge is 0.474 e. The van der Waals surface area contributed by atoms with Gasteiger partial charge in [0, 0.05) is 37.7 Å². The monoisotopic (exact) mass is 583 g/mol. The van der Waals surface area contributed by atoms with Crippen LogP contribution in [0, 0.1) is 0 Å². The number of cyclic esters (lactones) is 1. The minimum atomic E-state index is -3.20. The third kappa shape index (κ3) is 5.60. The molecule has 3 aromatic heterocycles. The second-order valence-corrected chi connectivity index (χ2v) is 14.1. The molecule has 4 heterocycles. The maximum Gasteiger partial charge on any atom is 0.340 e. The summed E-state index contributed by atoms with van der Waals surface area (Å²) in [4.78, 5) is 26.4. The quantitative estimate of drug-likeness (QED) is 0.335. The summed E-state index contributed by atoms with van der Waals surface area (Å²) in [6, 6.07) is 5.34. The van der Waals surface area contributed by atoms with Gasteiger partial charge in [-0.25, -0.2) is 28.2 Å². The predicted octanol–water partition coefficient (Wildman–Crippen LogP) is 3.77. The molecule has 220 valence electrons. The molecule has 12 heteroatoms. The number of nitrogens with one attached hydrogen (secondary N) is 1. The zero-order valence-corrected chi connectivity index (χ0v) is 25.0. The lowest BCUT2D eigenvalue weighted by Gasteiger charge is -2.30. The molecule has 1 aliphatic heterocycles. The Morgan fingerprint density at radius 2 is 1.93 bits per heavy atom. The molecule has 0 amide bonds. The summed E-state index contributed by atoms with van der Waals surface area (Å²) in [5, 5.41) is 4.11. The van der Waals surface area contributed by atoms with Crippen molar-refractivity contribution in [2.75, 3.05) is 25.3 Å². The molecule has 3 N–H and O–H groups in total. The van der Waals surface area contributed by atoms with Crippen molar-refractivity contribution in [2.24, 2.45) is 5.73 Å². The van der Waals surface area contributed by atoms with Gasteiger partial charge in [-0.3, -0.25) is 0 Å². The Balaban J connectivity index is 1.50. The lowest BCUT2D eigenvalue weighted by molar-refractivity contribution is 0.0183. The van der Waals surface area contributed by atoms with Crippen LogP contribution in [-0.4, -0.2) is 66.8 Å². The number of esters is 1. The highest BCUT2D eigenvalue weighted by molar-refractivity contribution is 7.91. The second kappa shape index (κ2) is 10.5. The van der Waals surface area contributed by atoms with E-state index in [1.807, 2.05) is 26.8 Å². The number of sulfone groups is 1. The normalized spacial score (nSPS) is 20.6. The van der Waals surface area contributed by atoms with Gasteiger partial charge < -0.3 is 25.3 Å². The van der Waals surface area contributed by atoms with E-state index in [4.69, 9.17) is 24.9 Å². The Bertz CT molecular complexity index is 1600. The van der Waals surface area contributed by atoms with Crippen LogP contribution >= 0.6 is 0 Å². The number of anilines is 2. The Morgan fingerprint density at radius 1 is 1.20 bits per heavy atom. The van der Waals surface area contributed by atoms with E-state index >= 15 is 0 Å². The number of carbonyl (C=O) groups is 1. The average molecular weight is 584 g/mol. The number of carbonyl (C=O) groups excluding carboxylic acids is 1. The molecule has 0 radical (unpaired) electrons. The third-order valence-corrected chi connectivity index (χ3v) is 9.85. The van der Waals surface area contributed by atoms with Crippen molar-refractivity contribution in [3.05, 3.63) is 47.4 Å². The van der Waals surface area contributed by atoms with Crippen molar-refractivity contribution in [1.29, 1.82) is 0 Å². The van der Waals surface area contributed by atoms with Gasteiger partial charge in [-0.2, -0.15) is 0 Å². The van der Waals surface area contributed by atoms with Crippen molar-refractivity contribution < 1.29 is 27.4 Å². The molecule has 1 saturated carbocycles. The van der Waals surface area contributed by atoms with E-state index in [2.05, 4.69) is 15.3 Å². The van der Waals surface area contributed by atoms with E-state index in [-0.39, 0.29) is 24.1 Å². The number of nitrogens with zero attached hydrogens (tertiary/aromatic N) is 3. The molecule has 0 aromatic carbocycles. The van der Waals surface area contributed by atoms with Crippen LogP contribution in [0.15, 0.2) is 30.6 Å². The number of methoxy groups -OCH3 is 1. The fourth-order valence-electron chi connectivity index (χ4n) is 5.50. The molecule has 4 atom stereocenters. The van der Waals surface area contributed by atoms with Gasteiger partial charge in [-0.05, 0) is 64.1 Å². The van der Waals surface area contributed by atoms with Crippen molar-refractivity contribution in [3.63, 3.8) is 0 Å². The number of fused-ring (bicyclic) bond motifs is 3. The third-order valence-electron chi connectivity index (χ3n) is 8.20. The van der Waals surface area contributed by atoms with Crippen LogP contribution in [0.2, 0.25) is 0 Å².